The largest absolute Gasteiger partial charge is 0.480 e. The molecule has 0 radical (unpaired) electrons. The summed E-state index contributed by atoms with van der Waals surface area (Å²) in [6.07, 6.45) is -0.739. The molecule has 24 heavy (non-hydrogen) atoms. The number of alkyl carbamates (subject to hydrolysis) is 1. The first-order valence-electron chi connectivity index (χ1n) is 7.61. The van der Waals surface area contributed by atoms with Crippen molar-refractivity contribution in [3.63, 3.8) is 0 Å². The Balaban J connectivity index is 2.67. The molecule has 2 atom stereocenters. The summed E-state index contributed by atoms with van der Waals surface area (Å²) >= 11 is 0. The molecule has 1 aromatic carbocycles. The van der Waals surface area contributed by atoms with E-state index in [2.05, 4.69) is 10.6 Å². The standard InChI is InChI=1S/C17H24N2O5/c1-11(15(21)22)18-14(20)13(17(2,3)4)19-16(23)24-10-12-8-6-5-7-9-12/h5-9,11,13H,10H2,1-4H3,(H,18,20)(H,19,23)(H,21,22)/t11-,13+/m0/s1. The van der Waals surface area contributed by atoms with Gasteiger partial charge in [-0.05, 0) is 17.9 Å². The SMILES string of the molecule is C[C@H](NC(=O)[C@@H](NC(=O)OCc1ccccc1)C(C)(C)C)C(=O)O. The van der Waals surface area contributed by atoms with Gasteiger partial charge >= 0.3 is 12.1 Å². The topological polar surface area (TPSA) is 105 Å². The Morgan fingerprint density at radius 1 is 1.12 bits per heavy atom. The van der Waals surface area contributed by atoms with Crippen LogP contribution in [0.25, 0.3) is 0 Å². The smallest absolute Gasteiger partial charge is 0.408 e. The van der Waals surface area contributed by atoms with Crippen LogP contribution in [0.4, 0.5) is 4.79 Å². The van der Waals surface area contributed by atoms with Gasteiger partial charge in [0, 0.05) is 0 Å². The molecule has 0 aliphatic carbocycles. The number of carbonyl (C=O) groups excluding carboxylic acids is 2. The number of rotatable bonds is 6. The molecule has 2 amide bonds. The van der Waals surface area contributed by atoms with Gasteiger partial charge in [0.1, 0.15) is 18.7 Å². The van der Waals surface area contributed by atoms with Crippen molar-refractivity contribution in [1.29, 1.82) is 0 Å². The Morgan fingerprint density at radius 3 is 2.21 bits per heavy atom. The maximum atomic E-state index is 12.3. The summed E-state index contributed by atoms with van der Waals surface area (Å²) in [5.41, 5.74) is 0.206. The number of carboxylic acids is 1. The van der Waals surface area contributed by atoms with Gasteiger partial charge in [0.25, 0.3) is 0 Å². The van der Waals surface area contributed by atoms with Crippen LogP contribution < -0.4 is 10.6 Å². The Kier molecular flexibility index (Phi) is 6.76. The maximum Gasteiger partial charge on any atom is 0.408 e. The lowest BCUT2D eigenvalue weighted by Crippen LogP contribution is -2.56. The average molecular weight is 336 g/mol. The molecule has 1 rings (SSSR count). The Hall–Kier alpha value is -2.57. The van der Waals surface area contributed by atoms with Crippen molar-refractivity contribution >= 4 is 18.0 Å². The minimum atomic E-state index is -1.15. The van der Waals surface area contributed by atoms with Gasteiger partial charge in [-0.2, -0.15) is 0 Å². The number of carbonyl (C=O) groups is 3. The van der Waals surface area contributed by atoms with Crippen molar-refractivity contribution in [3.05, 3.63) is 35.9 Å². The highest BCUT2D eigenvalue weighted by Crippen LogP contribution is 2.20. The van der Waals surface area contributed by atoms with Crippen molar-refractivity contribution in [2.75, 3.05) is 0 Å². The van der Waals surface area contributed by atoms with Gasteiger partial charge in [-0.25, -0.2) is 4.79 Å². The predicted molar refractivity (Wildman–Crippen MR) is 88.2 cm³/mol. The van der Waals surface area contributed by atoms with Crippen LogP contribution in [0.3, 0.4) is 0 Å². The van der Waals surface area contributed by atoms with Crippen molar-refractivity contribution < 1.29 is 24.2 Å². The zero-order valence-electron chi connectivity index (χ0n) is 14.3. The van der Waals surface area contributed by atoms with E-state index in [4.69, 9.17) is 9.84 Å². The fourth-order valence-corrected chi connectivity index (χ4v) is 1.92. The van der Waals surface area contributed by atoms with Crippen LogP contribution in [-0.2, 0) is 20.9 Å². The molecule has 0 saturated carbocycles. The second-order valence-electron chi connectivity index (χ2n) is 6.57. The molecule has 1 aromatic rings. The Labute approximate surface area is 141 Å². The molecule has 0 heterocycles. The highest BCUT2D eigenvalue weighted by Gasteiger charge is 2.34. The molecule has 0 aliphatic heterocycles. The van der Waals surface area contributed by atoms with E-state index in [0.29, 0.717) is 0 Å². The minimum absolute atomic E-state index is 0.0800. The minimum Gasteiger partial charge on any atom is -0.480 e. The van der Waals surface area contributed by atoms with Crippen LogP contribution in [0, 0.1) is 5.41 Å². The average Bonchev–Trinajstić information content (AvgIpc) is 2.50. The third-order valence-electron chi connectivity index (χ3n) is 3.33. The lowest BCUT2D eigenvalue weighted by atomic mass is 9.86. The summed E-state index contributed by atoms with van der Waals surface area (Å²) in [5, 5.41) is 13.7. The van der Waals surface area contributed by atoms with Gasteiger partial charge in [0.05, 0.1) is 0 Å². The van der Waals surface area contributed by atoms with Crippen molar-refractivity contribution in [3.8, 4) is 0 Å². The summed E-state index contributed by atoms with van der Waals surface area (Å²) in [6.45, 7) is 6.73. The van der Waals surface area contributed by atoms with Gasteiger partial charge in [-0.15, -0.1) is 0 Å². The monoisotopic (exact) mass is 336 g/mol. The number of nitrogens with one attached hydrogen (secondary N) is 2. The number of aliphatic carboxylic acids is 1. The summed E-state index contributed by atoms with van der Waals surface area (Å²) in [5.74, 6) is -1.73. The number of hydrogen-bond acceptors (Lipinski definition) is 4. The first-order chi connectivity index (χ1) is 11.1. The molecule has 0 aromatic heterocycles. The summed E-state index contributed by atoms with van der Waals surface area (Å²) < 4.78 is 5.11. The maximum absolute atomic E-state index is 12.3. The van der Waals surface area contributed by atoms with E-state index in [9.17, 15) is 14.4 Å². The van der Waals surface area contributed by atoms with Crippen molar-refractivity contribution in [1.82, 2.24) is 10.6 Å². The lowest BCUT2D eigenvalue weighted by molar-refractivity contribution is -0.142. The number of ether oxygens (including phenoxy) is 1. The van der Waals surface area contributed by atoms with E-state index in [1.807, 2.05) is 30.3 Å². The van der Waals surface area contributed by atoms with Crippen LogP contribution >= 0.6 is 0 Å². The molecule has 0 spiro atoms. The van der Waals surface area contributed by atoms with Crippen LogP contribution in [0.1, 0.15) is 33.3 Å². The zero-order valence-corrected chi connectivity index (χ0v) is 14.3. The van der Waals surface area contributed by atoms with Crippen LogP contribution in [0.15, 0.2) is 30.3 Å². The van der Waals surface area contributed by atoms with Gasteiger partial charge in [-0.3, -0.25) is 9.59 Å². The van der Waals surface area contributed by atoms with Crippen molar-refractivity contribution in [2.24, 2.45) is 5.41 Å². The molecule has 0 fully saturated rings. The van der Waals surface area contributed by atoms with E-state index in [-0.39, 0.29) is 6.61 Å². The van der Waals surface area contributed by atoms with E-state index in [0.717, 1.165) is 5.56 Å². The fraction of sp³-hybridized carbons (Fsp3) is 0.471. The number of carboxylic acid groups (broad SMARTS) is 1. The molecule has 0 aliphatic rings. The Bertz CT molecular complexity index is 580. The third-order valence-corrected chi connectivity index (χ3v) is 3.33. The highest BCUT2D eigenvalue weighted by molar-refractivity contribution is 5.89. The molecule has 0 unspecified atom stereocenters. The Morgan fingerprint density at radius 2 is 1.71 bits per heavy atom. The highest BCUT2D eigenvalue weighted by atomic mass is 16.5. The molecule has 0 saturated heterocycles. The summed E-state index contributed by atoms with van der Waals surface area (Å²) in [4.78, 5) is 35.1. The molecule has 7 heteroatoms. The van der Waals surface area contributed by atoms with Crippen LogP contribution in [0.2, 0.25) is 0 Å². The summed E-state index contributed by atoms with van der Waals surface area (Å²) in [7, 11) is 0. The molecule has 132 valence electrons. The van der Waals surface area contributed by atoms with Gasteiger partial charge in [0.15, 0.2) is 0 Å². The van der Waals surface area contributed by atoms with Gasteiger partial charge < -0.3 is 20.5 Å². The van der Waals surface area contributed by atoms with Crippen LogP contribution in [0.5, 0.6) is 0 Å². The molecular weight excluding hydrogens is 312 g/mol. The second kappa shape index (κ2) is 8.33. The normalized spacial score (nSPS) is 13.5. The third kappa shape index (κ3) is 6.28. The van der Waals surface area contributed by atoms with E-state index in [1.54, 1.807) is 20.8 Å². The molecule has 0 bridgehead atoms. The quantitative estimate of drug-likeness (QED) is 0.736. The number of hydrogen-bond donors (Lipinski definition) is 3. The summed E-state index contributed by atoms with van der Waals surface area (Å²) in [6, 6.07) is 7.16. The molecular formula is C17H24N2O5. The van der Waals surface area contributed by atoms with E-state index in [1.165, 1.54) is 6.92 Å². The fourth-order valence-electron chi connectivity index (χ4n) is 1.92. The second-order valence-corrected chi connectivity index (χ2v) is 6.57. The van der Waals surface area contributed by atoms with E-state index >= 15 is 0 Å². The van der Waals surface area contributed by atoms with Crippen LogP contribution in [-0.4, -0.2) is 35.2 Å². The number of amides is 2. The van der Waals surface area contributed by atoms with Crippen molar-refractivity contribution in [2.45, 2.75) is 46.4 Å². The van der Waals surface area contributed by atoms with Gasteiger partial charge in [0.2, 0.25) is 5.91 Å². The predicted octanol–water partition coefficient (Wildman–Crippen LogP) is 1.92. The van der Waals surface area contributed by atoms with E-state index < -0.39 is 35.5 Å². The number of benzene rings is 1. The molecule has 3 N–H and O–H groups in total. The van der Waals surface area contributed by atoms with Gasteiger partial charge in [-0.1, -0.05) is 51.1 Å². The molecule has 7 nitrogen and oxygen atoms in total. The first-order valence-corrected chi connectivity index (χ1v) is 7.61. The zero-order chi connectivity index (χ0) is 18.3. The first kappa shape index (κ1) is 19.5. The lowest BCUT2D eigenvalue weighted by Gasteiger charge is -2.30.